The minimum atomic E-state index is -4.38. The molecule has 6 heteroatoms. The van der Waals surface area contributed by atoms with Crippen LogP contribution >= 0.6 is 0 Å². The molecule has 0 atom stereocenters. The molecule has 0 aliphatic heterocycles. The van der Waals surface area contributed by atoms with E-state index >= 15 is 0 Å². The molecule has 5 nitrogen and oxygen atoms in total. The summed E-state index contributed by atoms with van der Waals surface area (Å²) in [5.74, 6) is -0.612. The Labute approximate surface area is 84.0 Å². The molecule has 0 radical (unpaired) electrons. The van der Waals surface area contributed by atoms with Crippen LogP contribution in [0.4, 0.5) is 0 Å². The number of hydrogen-bond acceptors (Lipinski definition) is 3. The van der Waals surface area contributed by atoms with Crippen molar-refractivity contribution < 1.29 is 17.8 Å². The van der Waals surface area contributed by atoms with Crippen molar-refractivity contribution in [1.82, 2.24) is 4.31 Å². The molecule has 1 aliphatic rings. The van der Waals surface area contributed by atoms with Crippen molar-refractivity contribution in [1.29, 1.82) is 0 Å². The summed E-state index contributed by atoms with van der Waals surface area (Å²) in [7, 11) is -4.38. The van der Waals surface area contributed by atoms with Crippen molar-refractivity contribution in [2.75, 3.05) is 0 Å². The van der Waals surface area contributed by atoms with Crippen LogP contribution in [0.3, 0.4) is 0 Å². The first-order valence-electron chi connectivity index (χ1n) is 4.70. The second-order valence-electron chi connectivity index (χ2n) is 3.58. The average Bonchev–Trinajstić information content (AvgIpc) is 2.02. The van der Waals surface area contributed by atoms with Gasteiger partial charge in [-0.3, -0.25) is 9.35 Å². The Morgan fingerprint density at radius 2 is 1.79 bits per heavy atom. The van der Waals surface area contributed by atoms with Crippen molar-refractivity contribution in [3.05, 3.63) is 0 Å². The molecule has 14 heavy (non-hydrogen) atoms. The molecule has 1 aliphatic carbocycles. The normalized spacial score (nSPS) is 19.3. The standard InChI is InChI=1S/C8H15NO4S/c1-7(10)9(14(11,12)13)8-5-3-2-4-6-8/h8H,2-6H2,1H3,(H,11,12,13). The number of nitrogens with zero attached hydrogens (tertiary/aromatic N) is 1. The van der Waals surface area contributed by atoms with Gasteiger partial charge in [-0.05, 0) is 12.8 Å². The average molecular weight is 221 g/mol. The Bertz CT molecular complexity index is 305. The van der Waals surface area contributed by atoms with Crippen molar-refractivity contribution >= 4 is 16.2 Å². The summed E-state index contributed by atoms with van der Waals surface area (Å²) in [4.78, 5) is 11.1. The molecule has 1 saturated carbocycles. The van der Waals surface area contributed by atoms with Crippen LogP contribution in [0.1, 0.15) is 39.0 Å². The highest BCUT2D eigenvalue weighted by Gasteiger charge is 2.31. The van der Waals surface area contributed by atoms with Gasteiger partial charge < -0.3 is 0 Å². The predicted molar refractivity (Wildman–Crippen MR) is 50.9 cm³/mol. The molecule has 0 saturated heterocycles. The van der Waals surface area contributed by atoms with Crippen molar-refractivity contribution in [2.45, 2.75) is 45.1 Å². The second-order valence-corrected chi connectivity index (χ2v) is 4.87. The van der Waals surface area contributed by atoms with E-state index in [2.05, 4.69) is 0 Å². The van der Waals surface area contributed by atoms with Gasteiger partial charge >= 0.3 is 10.3 Å². The molecule has 0 bridgehead atoms. The number of hydrogen-bond donors (Lipinski definition) is 1. The predicted octanol–water partition coefficient (Wildman–Crippen LogP) is 0.970. The Morgan fingerprint density at radius 1 is 1.29 bits per heavy atom. The summed E-state index contributed by atoms with van der Waals surface area (Å²) in [5, 5.41) is 0. The highest BCUT2D eigenvalue weighted by molar-refractivity contribution is 7.84. The van der Waals surface area contributed by atoms with Gasteiger partial charge in [-0.2, -0.15) is 8.42 Å². The first-order chi connectivity index (χ1) is 6.43. The maximum Gasteiger partial charge on any atom is 0.362 e. The number of carbonyl (C=O) groups excluding carboxylic acids is 1. The molecule has 0 aromatic rings. The largest absolute Gasteiger partial charge is 0.362 e. The van der Waals surface area contributed by atoms with Crippen LogP contribution in [-0.4, -0.2) is 29.2 Å². The van der Waals surface area contributed by atoms with Gasteiger partial charge in [0.2, 0.25) is 5.91 Å². The molecule has 0 aromatic carbocycles. The number of rotatable bonds is 2. The monoisotopic (exact) mass is 221 g/mol. The SMILES string of the molecule is CC(=O)N(C1CCCCC1)S(=O)(=O)O. The summed E-state index contributed by atoms with van der Waals surface area (Å²) >= 11 is 0. The first-order valence-corrected chi connectivity index (χ1v) is 6.10. The molecule has 1 amide bonds. The molecule has 0 heterocycles. The maximum atomic E-state index is 11.1. The quantitative estimate of drug-likeness (QED) is 0.705. The van der Waals surface area contributed by atoms with Crippen LogP contribution in [0.15, 0.2) is 0 Å². The van der Waals surface area contributed by atoms with Crippen LogP contribution in [0.5, 0.6) is 0 Å². The van der Waals surface area contributed by atoms with Gasteiger partial charge in [0, 0.05) is 6.92 Å². The van der Waals surface area contributed by atoms with Gasteiger partial charge in [-0.25, -0.2) is 4.31 Å². The molecule has 1 N–H and O–H groups in total. The van der Waals surface area contributed by atoms with E-state index in [4.69, 9.17) is 4.55 Å². The van der Waals surface area contributed by atoms with E-state index in [0.29, 0.717) is 17.1 Å². The molecule has 1 fully saturated rings. The van der Waals surface area contributed by atoms with E-state index in [1.54, 1.807) is 0 Å². The molecule has 82 valence electrons. The van der Waals surface area contributed by atoms with Gasteiger partial charge in [0.15, 0.2) is 0 Å². The third-order valence-corrected chi connectivity index (χ3v) is 3.52. The van der Waals surface area contributed by atoms with Gasteiger partial charge in [-0.1, -0.05) is 19.3 Å². The van der Waals surface area contributed by atoms with Crippen LogP contribution in [0.25, 0.3) is 0 Å². The van der Waals surface area contributed by atoms with Crippen molar-refractivity contribution in [3.8, 4) is 0 Å². The molecule has 0 spiro atoms. The zero-order valence-corrected chi connectivity index (χ0v) is 8.96. The van der Waals surface area contributed by atoms with E-state index in [0.717, 1.165) is 26.2 Å². The van der Waals surface area contributed by atoms with Crippen LogP contribution in [-0.2, 0) is 15.1 Å². The lowest BCUT2D eigenvalue weighted by Gasteiger charge is -2.30. The van der Waals surface area contributed by atoms with E-state index in [9.17, 15) is 13.2 Å². The lowest BCUT2D eigenvalue weighted by Crippen LogP contribution is -2.44. The molecule has 0 aromatic heterocycles. The van der Waals surface area contributed by atoms with Crippen LogP contribution in [0, 0.1) is 0 Å². The zero-order chi connectivity index (χ0) is 10.8. The summed E-state index contributed by atoms with van der Waals surface area (Å²) in [5.41, 5.74) is 0. The fourth-order valence-electron chi connectivity index (χ4n) is 1.92. The summed E-state index contributed by atoms with van der Waals surface area (Å²) in [6.07, 6.45) is 4.18. The third-order valence-electron chi connectivity index (χ3n) is 2.47. The highest BCUT2D eigenvalue weighted by Crippen LogP contribution is 2.24. The molecule has 1 rings (SSSR count). The maximum absolute atomic E-state index is 11.1. The minimum absolute atomic E-state index is 0.351. The summed E-state index contributed by atoms with van der Waals surface area (Å²) in [6.45, 7) is 1.16. The Morgan fingerprint density at radius 3 is 2.14 bits per heavy atom. The molecule has 0 unspecified atom stereocenters. The number of carbonyl (C=O) groups is 1. The Hall–Kier alpha value is -0.620. The van der Waals surface area contributed by atoms with E-state index in [-0.39, 0.29) is 6.04 Å². The lowest BCUT2D eigenvalue weighted by molar-refractivity contribution is -0.126. The first kappa shape index (κ1) is 11.5. The highest BCUT2D eigenvalue weighted by atomic mass is 32.2. The van der Waals surface area contributed by atoms with Gasteiger partial charge in [0.05, 0.1) is 6.04 Å². The zero-order valence-electron chi connectivity index (χ0n) is 8.14. The summed E-state index contributed by atoms with van der Waals surface area (Å²) < 4.78 is 31.3. The lowest BCUT2D eigenvalue weighted by atomic mass is 9.95. The van der Waals surface area contributed by atoms with Crippen LogP contribution in [0.2, 0.25) is 0 Å². The smallest absolute Gasteiger partial charge is 0.274 e. The van der Waals surface area contributed by atoms with Gasteiger partial charge in [0.1, 0.15) is 0 Å². The second kappa shape index (κ2) is 4.27. The summed E-state index contributed by atoms with van der Waals surface area (Å²) in [6, 6.07) is -0.351. The molecular weight excluding hydrogens is 206 g/mol. The fraction of sp³-hybridized carbons (Fsp3) is 0.875. The third kappa shape index (κ3) is 2.68. The van der Waals surface area contributed by atoms with Crippen LogP contribution < -0.4 is 0 Å². The van der Waals surface area contributed by atoms with Gasteiger partial charge in [0.25, 0.3) is 0 Å². The van der Waals surface area contributed by atoms with E-state index < -0.39 is 16.2 Å². The fourth-order valence-corrected chi connectivity index (χ4v) is 2.84. The molecular formula is C8H15NO4S. The van der Waals surface area contributed by atoms with E-state index in [1.807, 2.05) is 0 Å². The Kier molecular flexibility index (Phi) is 3.49. The van der Waals surface area contributed by atoms with Crippen molar-refractivity contribution in [3.63, 3.8) is 0 Å². The van der Waals surface area contributed by atoms with E-state index in [1.165, 1.54) is 0 Å². The number of amides is 1. The van der Waals surface area contributed by atoms with Gasteiger partial charge in [-0.15, -0.1) is 0 Å². The topological polar surface area (TPSA) is 74.7 Å². The van der Waals surface area contributed by atoms with Crippen molar-refractivity contribution in [2.24, 2.45) is 0 Å². The minimum Gasteiger partial charge on any atom is -0.274 e. The Balaban J connectivity index is 2.82.